The molecule has 0 radical (unpaired) electrons. The van der Waals surface area contributed by atoms with Gasteiger partial charge in [0.05, 0.1) is 13.7 Å². The summed E-state index contributed by atoms with van der Waals surface area (Å²) in [5.41, 5.74) is 8.03. The number of methoxy groups -OCH3 is 1. The lowest BCUT2D eigenvalue weighted by molar-refractivity contribution is 0.0945. The third-order valence-electron chi connectivity index (χ3n) is 3.93. The van der Waals surface area contributed by atoms with Crippen LogP contribution in [-0.2, 0) is 13.1 Å². The second-order valence-corrected chi connectivity index (χ2v) is 5.13. The number of ether oxygens (including phenoxy) is 1. The maximum Gasteiger partial charge on any atom is 0.123 e. The zero-order valence-corrected chi connectivity index (χ0v) is 11.6. The van der Waals surface area contributed by atoms with Crippen molar-refractivity contribution in [2.24, 2.45) is 5.73 Å². The van der Waals surface area contributed by atoms with Gasteiger partial charge in [0, 0.05) is 31.2 Å². The van der Waals surface area contributed by atoms with Gasteiger partial charge in [-0.2, -0.15) is 0 Å². The first kappa shape index (κ1) is 14.3. The molecule has 0 amide bonds. The van der Waals surface area contributed by atoms with E-state index in [2.05, 4.69) is 17.0 Å². The summed E-state index contributed by atoms with van der Waals surface area (Å²) in [6.07, 6.45) is 3.81. The van der Waals surface area contributed by atoms with Gasteiger partial charge in [-0.1, -0.05) is 12.5 Å². The number of nitrogens with two attached hydrogens (primary N) is 1. The van der Waals surface area contributed by atoms with Gasteiger partial charge in [-0.05, 0) is 30.5 Å². The Balaban J connectivity index is 2.07. The van der Waals surface area contributed by atoms with Gasteiger partial charge in [-0.15, -0.1) is 0 Å². The molecule has 4 heteroatoms. The summed E-state index contributed by atoms with van der Waals surface area (Å²) < 4.78 is 5.29. The first-order valence-corrected chi connectivity index (χ1v) is 6.99. The first-order chi connectivity index (χ1) is 9.28. The maximum absolute atomic E-state index is 9.18. The molecule has 3 N–H and O–H groups in total. The third kappa shape index (κ3) is 3.47. The Kier molecular flexibility index (Phi) is 5.19. The van der Waals surface area contributed by atoms with Gasteiger partial charge < -0.3 is 15.6 Å². The molecule has 0 bridgehead atoms. The highest BCUT2D eigenvalue weighted by Gasteiger charge is 2.24. The molecule has 0 aliphatic heterocycles. The molecule has 2 rings (SSSR count). The van der Waals surface area contributed by atoms with Crippen molar-refractivity contribution >= 4 is 0 Å². The summed E-state index contributed by atoms with van der Waals surface area (Å²) in [5, 5.41) is 9.18. The number of hydrogen-bond acceptors (Lipinski definition) is 4. The molecular weight excluding hydrogens is 240 g/mol. The fourth-order valence-corrected chi connectivity index (χ4v) is 2.60. The zero-order valence-electron chi connectivity index (χ0n) is 11.6. The molecule has 0 saturated heterocycles. The molecule has 1 aromatic carbocycles. The monoisotopic (exact) mass is 264 g/mol. The van der Waals surface area contributed by atoms with Crippen LogP contribution in [0.25, 0.3) is 0 Å². The number of benzene rings is 1. The third-order valence-corrected chi connectivity index (χ3v) is 3.93. The SMILES string of the molecule is COc1ccc(CN(CCO)C2CCC2)cc1CN. The number of aliphatic hydroxyl groups is 1. The summed E-state index contributed by atoms with van der Waals surface area (Å²) in [6.45, 7) is 2.33. The minimum Gasteiger partial charge on any atom is -0.496 e. The van der Waals surface area contributed by atoms with E-state index in [1.165, 1.54) is 24.8 Å². The minimum absolute atomic E-state index is 0.219. The molecule has 0 heterocycles. The molecule has 1 aliphatic carbocycles. The number of aliphatic hydroxyl groups excluding tert-OH is 1. The molecule has 1 fully saturated rings. The Morgan fingerprint density at radius 3 is 2.74 bits per heavy atom. The number of hydrogen-bond donors (Lipinski definition) is 2. The number of rotatable bonds is 7. The molecule has 106 valence electrons. The molecule has 19 heavy (non-hydrogen) atoms. The van der Waals surface area contributed by atoms with E-state index in [0.29, 0.717) is 12.6 Å². The maximum atomic E-state index is 9.18. The Bertz CT molecular complexity index is 405. The summed E-state index contributed by atoms with van der Waals surface area (Å²) in [7, 11) is 1.67. The quantitative estimate of drug-likeness (QED) is 0.783. The van der Waals surface area contributed by atoms with Crippen LogP contribution in [0.2, 0.25) is 0 Å². The molecule has 0 unspecified atom stereocenters. The van der Waals surface area contributed by atoms with Crippen LogP contribution in [0.3, 0.4) is 0 Å². The summed E-state index contributed by atoms with van der Waals surface area (Å²) in [6, 6.07) is 6.81. The lowest BCUT2D eigenvalue weighted by Gasteiger charge is -2.37. The van der Waals surface area contributed by atoms with Gasteiger partial charge in [0.15, 0.2) is 0 Å². The van der Waals surface area contributed by atoms with E-state index in [4.69, 9.17) is 10.5 Å². The summed E-state index contributed by atoms with van der Waals surface area (Å²) >= 11 is 0. The predicted octanol–water partition coefficient (Wildman–Crippen LogP) is 1.50. The average molecular weight is 264 g/mol. The second kappa shape index (κ2) is 6.89. The summed E-state index contributed by atoms with van der Waals surface area (Å²) in [4.78, 5) is 2.37. The van der Waals surface area contributed by atoms with Crippen molar-refractivity contribution in [1.82, 2.24) is 4.90 Å². The lowest BCUT2D eigenvalue weighted by atomic mass is 9.91. The van der Waals surface area contributed by atoms with Crippen molar-refractivity contribution in [2.75, 3.05) is 20.3 Å². The first-order valence-electron chi connectivity index (χ1n) is 6.99. The smallest absolute Gasteiger partial charge is 0.123 e. The normalized spacial score (nSPS) is 15.6. The Morgan fingerprint density at radius 2 is 2.21 bits per heavy atom. The van der Waals surface area contributed by atoms with Gasteiger partial charge in [-0.3, -0.25) is 4.90 Å². The van der Waals surface area contributed by atoms with Gasteiger partial charge in [0.1, 0.15) is 5.75 Å². The van der Waals surface area contributed by atoms with E-state index in [1.54, 1.807) is 7.11 Å². The van der Waals surface area contributed by atoms with Crippen LogP contribution in [0, 0.1) is 0 Å². The van der Waals surface area contributed by atoms with Crippen molar-refractivity contribution in [3.63, 3.8) is 0 Å². The van der Waals surface area contributed by atoms with Crippen molar-refractivity contribution in [1.29, 1.82) is 0 Å². The Hall–Kier alpha value is -1.10. The van der Waals surface area contributed by atoms with E-state index in [0.717, 1.165) is 24.4 Å². The second-order valence-electron chi connectivity index (χ2n) is 5.13. The minimum atomic E-state index is 0.219. The summed E-state index contributed by atoms with van der Waals surface area (Å²) in [5.74, 6) is 0.851. The molecule has 4 nitrogen and oxygen atoms in total. The molecular formula is C15H24N2O2. The fourth-order valence-electron chi connectivity index (χ4n) is 2.60. The molecule has 1 aromatic rings. The highest BCUT2D eigenvalue weighted by molar-refractivity contribution is 5.37. The average Bonchev–Trinajstić information content (AvgIpc) is 2.37. The molecule has 1 aliphatic rings. The Morgan fingerprint density at radius 1 is 1.42 bits per heavy atom. The van der Waals surface area contributed by atoms with Crippen LogP contribution in [0.5, 0.6) is 5.75 Å². The molecule has 0 atom stereocenters. The predicted molar refractivity (Wildman–Crippen MR) is 76.0 cm³/mol. The largest absolute Gasteiger partial charge is 0.496 e. The van der Waals surface area contributed by atoms with Crippen molar-refractivity contribution in [3.8, 4) is 5.75 Å². The Labute approximate surface area is 115 Å². The molecule has 0 spiro atoms. The highest BCUT2D eigenvalue weighted by atomic mass is 16.5. The van der Waals surface area contributed by atoms with Crippen LogP contribution in [0.15, 0.2) is 18.2 Å². The van der Waals surface area contributed by atoms with Gasteiger partial charge in [0.25, 0.3) is 0 Å². The zero-order chi connectivity index (χ0) is 13.7. The molecule has 1 saturated carbocycles. The standard InChI is InChI=1S/C15H24N2O2/c1-19-15-6-5-12(9-13(15)10-16)11-17(7-8-18)14-3-2-4-14/h5-6,9,14,18H,2-4,7-8,10-11,16H2,1H3. The van der Waals surface area contributed by atoms with Crippen LogP contribution in [0.4, 0.5) is 0 Å². The van der Waals surface area contributed by atoms with E-state index in [1.807, 2.05) is 6.07 Å². The lowest BCUT2D eigenvalue weighted by Crippen LogP contribution is -2.41. The van der Waals surface area contributed by atoms with Gasteiger partial charge in [0.2, 0.25) is 0 Å². The van der Waals surface area contributed by atoms with E-state index in [9.17, 15) is 5.11 Å². The molecule has 0 aromatic heterocycles. The van der Waals surface area contributed by atoms with Crippen LogP contribution < -0.4 is 10.5 Å². The van der Waals surface area contributed by atoms with Crippen LogP contribution in [0.1, 0.15) is 30.4 Å². The van der Waals surface area contributed by atoms with E-state index < -0.39 is 0 Å². The van der Waals surface area contributed by atoms with Gasteiger partial charge >= 0.3 is 0 Å². The van der Waals surface area contributed by atoms with E-state index >= 15 is 0 Å². The highest BCUT2D eigenvalue weighted by Crippen LogP contribution is 2.27. The van der Waals surface area contributed by atoms with Crippen molar-refractivity contribution in [2.45, 2.75) is 38.4 Å². The van der Waals surface area contributed by atoms with E-state index in [-0.39, 0.29) is 6.61 Å². The van der Waals surface area contributed by atoms with Crippen molar-refractivity contribution in [3.05, 3.63) is 29.3 Å². The topological polar surface area (TPSA) is 58.7 Å². The van der Waals surface area contributed by atoms with Crippen molar-refractivity contribution < 1.29 is 9.84 Å². The van der Waals surface area contributed by atoms with Gasteiger partial charge in [-0.25, -0.2) is 0 Å². The van der Waals surface area contributed by atoms with Crippen LogP contribution >= 0.6 is 0 Å². The fraction of sp³-hybridized carbons (Fsp3) is 0.600. The number of nitrogens with zero attached hydrogens (tertiary/aromatic N) is 1. The van der Waals surface area contributed by atoms with Crippen LogP contribution in [-0.4, -0.2) is 36.3 Å².